The molecule has 2 heterocycles. The number of carbonyl (C=O) groups is 1. The zero-order valence-corrected chi connectivity index (χ0v) is 19.3. The summed E-state index contributed by atoms with van der Waals surface area (Å²) < 4.78 is 19.2. The highest BCUT2D eigenvalue weighted by Crippen LogP contribution is 2.23. The molecule has 0 spiro atoms. The second-order valence-electron chi connectivity index (χ2n) is 8.83. The molecule has 1 aliphatic rings. The largest absolute Gasteiger partial charge is 0.448 e. The Morgan fingerprint density at radius 2 is 1.80 bits per heavy atom. The Bertz CT molecular complexity index is 1390. The van der Waals surface area contributed by atoms with Gasteiger partial charge in [-0.15, -0.1) is 0 Å². The molecule has 0 saturated carbocycles. The lowest BCUT2D eigenvalue weighted by atomic mass is 9.90. The molecular formula is C28H26FN3O3. The number of nitrogens with zero attached hydrogens (tertiary/aromatic N) is 2. The molecule has 178 valence electrons. The van der Waals surface area contributed by atoms with Crippen LogP contribution < -0.4 is 10.5 Å². The van der Waals surface area contributed by atoms with E-state index in [1.807, 2.05) is 24.3 Å². The number of carbonyl (C=O) groups excluding carboxylic acids is 1. The average molecular weight is 472 g/mol. The van der Waals surface area contributed by atoms with Gasteiger partial charge in [0, 0.05) is 30.2 Å². The zero-order valence-electron chi connectivity index (χ0n) is 19.3. The van der Waals surface area contributed by atoms with Crippen LogP contribution in [0.4, 0.5) is 10.3 Å². The maximum Gasteiger partial charge on any atom is 0.267 e. The van der Waals surface area contributed by atoms with Gasteiger partial charge < -0.3 is 4.42 Å². The summed E-state index contributed by atoms with van der Waals surface area (Å²) in [5.41, 5.74) is 4.91. The van der Waals surface area contributed by atoms with Gasteiger partial charge in [0.15, 0.2) is 0 Å². The average Bonchev–Trinajstić information content (AvgIpc) is 3.41. The van der Waals surface area contributed by atoms with Gasteiger partial charge in [-0.05, 0) is 79.1 Å². The van der Waals surface area contributed by atoms with Crippen molar-refractivity contribution in [3.05, 3.63) is 117 Å². The molecule has 0 saturated heterocycles. The van der Waals surface area contributed by atoms with E-state index in [0.29, 0.717) is 30.8 Å². The predicted octanol–water partition coefficient (Wildman–Crippen LogP) is 4.86. The quantitative estimate of drug-likeness (QED) is 0.418. The van der Waals surface area contributed by atoms with Crippen LogP contribution in [0.5, 0.6) is 0 Å². The number of aromatic nitrogens is 2. The first-order valence-corrected chi connectivity index (χ1v) is 11.9. The summed E-state index contributed by atoms with van der Waals surface area (Å²) in [4.78, 5) is 27.3. The highest BCUT2D eigenvalue weighted by Gasteiger charge is 2.22. The summed E-state index contributed by atoms with van der Waals surface area (Å²) in [5, 5.41) is 6.97. The van der Waals surface area contributed by atoms with Crippen molar-refractivity contribution < 1.29 is 13.6 Å². The molecule has 0 unspecified atom stereocenters. The minimum atomic E-state index is -0.302. The monoisotopic (exact) mass is 471 g/mol. The first-order valence-electron chi connectivity index (χ1n) is 11.9. The van der Waals surface area contributed by atoms with Gasteiger partial charge in [0.25, 0.3) is 11.5 Å². The van der Waals surface area contributed by atoms with Crippen molar-refractivity contribution in [1.29, 1.82) is 0 Å². The van der Waals surface area contributed by atoms with Crippen LogP contribution in [-0.2, 0) is 25.7 Å². The Balaban J connectivity index is 1.39. The molecule has 1 N–H and O–H groups in total. The summed E-state index contributed by atoms with van der Waals surface area (Å²) in [6.45, 7) is 0.342. The molecule has 0 fully saturated rings. The normalized spacial score (nSPS) is 12.8. The lowest BCUT2D eigenvalue weighted by Crippen LogP contribution is -2.32. The number of halogens is 1. The van der Waals surface area contributed by atoms with E-state index in [-0.39, 0.29) is 17.3 Å². The number of furan rings is 1. The third-order valence-corrected chi connectivity index (χ3v) is 6.46. The Morgan fingerprint density at radius 3 is 2.60 bits per heavy atom. The van der Waals surface area contributed by atoms with E-state index in [1.165, 1.54) is 18.4 Å². The van der Waals surface area contributed by atoms with E-state index < -0.39 is 0 Å². The Labute approximate surface area is 202 Å². The van der Waals surface area contributed by atoms with Crippen LogP contribution >= 0.6 is 0 Å². The van der Waals surface area contributed by atoms with Crippen molar-refractivity contribution >= 4 is 11.8 Å². The number of anilines is 1. The van der Waals surface area contributed by atoms with E-state index in [0.717, 1.165) is 53.6 Å². The standard InChI is InChI=1S/C28H26FN3O3/c29-22-9-4-6-19(17-22)13-14-32(26-12-5-15-35-26)28(34)21-8-3-7-20(16-21)18-25-23-10-1-2-11-24(23)27(33)31-30-25/h3-9,12,15-17H,1-2,10-11,13-14,18H2,(H,31,33). The summed E-state index contributed by atoms with van der Waals surface area (Å²) in [5.74, 6) is -0.0630. The third-order valence-electron chi connectivity index (χ3n) is 6.46. The van der Waals surface area contributed by atoms with E-state index in [2.05, 4.69) is 10.2 Å². The highest BCUT2D eigenvalue weighted by atomic mass is 19.1. The third kappa shape index (κ3) is 5.09. The Morgan fingerprint density at radius 1 is 1.00 bits per heavy atom. The number of benzene rings is 2. The molecular weight excluding hydrogens is 445 g/mol. The number of hydrogen-bond acceptors (Lipinski definition) is 4. The number of amides is 1. The molecule has 35 heavy (non-hydrogen) atoms. The van der Waals surface area contributed by atoms with Gasteiger partial charge in [-0.25, -0.2) is 9.49 Å². The van der Waals surface area contributed by atoms with Gasteiger partial charge in [0.05, 0.1) is 12.0 Å². The minimum absolute atomic E-state index is 0.0974. The van der Waals surface area contributed by atoms with Crippen LogP contribution in [0.2, 0.25) is 0 Å². The number of hydrogen-bond donors (Lipinski definition) is 1. The molecule has 1 aliphatic carbocycles. The molecule has 0 radical (unpaired) electrons. The molecule has 2 aromatic heterocycles. The fourth-order valence-electron chi connectivity index (χ4n) is 4.71. The van der Waals surface area contributed by atoms with Crippen molar-refractivity contribution in [2.45, 2.75) is 38.5 Å². The fourth-order valence-corrected chi connectivity index (χ4v) is 4.71. The van der Waals surface area contributed by atoms with Crippen LogP contribution in [0.15, 0.2) is 76.1 Å². The molecule has 5 rings (SSSR count). The lowest BCUT2D eigenvalue weighted by molar-refractivity contribution is 0.0983. The molecule has 4 aromatic rings. The van der Waals surface area contributed by atoms with Crippen LogP contribution in [0, 0.1) is 5.82 Å². The van der Waals surface area contributed by atoms with Crippen molar-refractivity contribution in [3.63, 3.8) is 0 Å². The molecule has 2 aromatic carbocycles. The maximum atomic E-state index is 13.6. The number of aromatic amines is 1. The highest BCUT2D eigenvalue weighted by molar-refractivity contribution is 6.05. The van der Waals surface area contributed by atoms with Crippen LogP contribution in [0.25, 0.3) is 0 Å². The predicted molar refractivity (Wildman–Crippen MR) is 131 cm³/mol. The van der Waals surface area contributed by atoms with Gasteiger partial charge in [-0.3, -0.25) is 14.5 Å². The van der Waals surface area contributed by atoms with Gasteiger partial charge in [0.1, 0.15) is 5.82 Å². The smallest absolute Gasteiger partial charge is 0.267 e. The van der Waals surface area contributed by atoms with Gasteiger partial charge in [-0.1, -0.05) is 24.3 Å². The summed E-state index contributed by atoms with van der Waals surface area (Å²) >= 11 is 0. The van der Waals surface area contributed by atoms with Gasteiger partial charge in [0.2, 0.25) is 5.88 Å². The first kappa shape index (κ1) is 22.8. The van der Waals surface area contributed by atoms with Crippen molar-refractivity contribution in [3.8, 4) is 0 Å². The molecule has 0 bridgehead atoms. The first-order chi connectivity index (χ1) is 17.1. The zero-order chi connectivity index (χ0) is 24.2. The van der Waals surface area contributed by atoms with E-state index >= 15 is 0 Å². The number of fused-ring (bicyclic) bond motifs is 1. The second kappa shape index (κ2) is 10.1. The topological polar surface area (TPSA) is 79.2 Å². The van der Waals surface area contributed by atoms with E-state index in [4.69, 9.17) is 4.42 Å². The van der Waals surface area contributed by atoms with Gasteiger partial charge in [-0.2, -0.15) is 5.10 Å². The summed E-state index contributed by atoms with van der Waals surface area (Å²) in [7, 11) is 0. The fraction of sp³-hybridized carbons (Fsp3) is 0.250. The number of rotatable bonds is 7. The minimum Gasteiger partial charge on any atom is -0.448 e. The summed E-state index contributed by atoms with van der Waals surface area (Å²) in [6.07, 6.45) is 6.24. The van der Waals surface area contributed by atoms with Crippen molar-refractivity contribution in [1.82, 2.24) is 10.2 Å². The second-order valence-corrected chi connectivity index (χ2v) is 8.83. The van der Waals surface area contributed by atoms with Crippen LogP contribution in [0.3, 0.4) is 0 Å². The molecule has 0 aliphatic heterocycles. The number of nitrogens with one attached hydrogen (secondary N) is 1. The van der Waals surface area contributed by atoms with Crippen molar-refractivity contribution in [2.24, 2.45) is 0 Å². The maximum absolute atomic E-state index is 13.6. The molecule has 6 nitrogen and oxygen atoms in total. The van der Waals surface area contributed by atoms with E-state index in [9.17, 15) is 14.0 Å². The molecule has 7 heteroatoms. The lowest BCUT2D eigenvalue weighted by Gasteiger charge is -2.21. The van der Waals surface area contributed by atoms with Gasteiger partial charge >= 0.3 is 0 Å². The van der Waals surface area contributed by atoms with Crippen LogP contribution in [-0.4, -0.2) is 22.6 Å². The summed E-state index contributed by atoms with van der Waals surface area (Å²) in [6, 6.07) is 17.3. The SMILES string of the molecule is O=C(c1cccc(Cc2n[nH]c(=O)c3c2CCCC3)c1)N(CCc1cccc(F)c1)c1ccco1. The van der Waals surface area contributed by atoms with Crippen molar-refractivity contribution in [2.75, 3.05) is 11.4 Å². The Hall–Kier alpha value is -4.00. The van der Waals surface area contributed by atoms with E-state index in [1.54, 1.807) is 29.2 Å². The van der Waals surface area contributed by atoms with Crippen LogP contribution in [0.1, 0.15) is 51.1 Å². The number of H-pyrrole nitrogens is 1. The molecule has 0 atom stereocenters. The Kier molecular flexibility index (Phi) is 6.57. The molecule has 1 amide bonds.